The van der Waals surface area contributed by atoms with Crippen LogP contribution in [0, 0.1) is 0 Å². The Morgan fingerprint density at radius 2 is 1.75 bits per heavy atom. The van der Waals surface area contributed by atoms with Gasteiger partial charge in [0.05, 0.1) is 32.1 Å². The van der Waals surface area contributed by atoms with Crippen LogP contribution in [0.15, 0.2) is 90.8 Å². The minimum Gasteiger partial charge on any atom is -0.378 e. The fraction of sp³-hybridized carbons (Fsp3) is 0.217. The summed E-state index contributed by atoms with van der Waals surface area (Å²) in [5.41, 5.74) is 1.95. The van der Waals surface area contributed by atoms with E-state index >= 15 is 0 Å². The SMILES string of the molecule is CS(=O)(=O)OC[C@@H](COCc1ccccc1)Nc1ccc2c(c1)Sc1cccc(Br)c1S2. The predicted octanol–water partition coefficient (Wildman–Crippen LogP) is 6.04. The van der Waals surface area contributed by atoms with Gasteiger partial charge in [-0.1, -0.05) is 59.9 Å². The summed E-state index contributed by atoms with van der Waals surface area (Å²) >= 11 is 7.09. The second-order valence-corrected chi connectivity index (χ2v) is 11.9. The molecule has 9 heteroatoms. The molecule has 1 N–H and O–H groups in total. The maximum absolute atomic E-state index is 11.5. The van der Waals surface area contributed by atoms with E-state index < -0.39 is 10.1 Å². The van der Waals surface area contributed by atoms with Crippen molar-refractivity contribution in [1.29, 1.82) is 0 Å². The molecular weight excluding hydrogens is 530 g/mol. The van der Waals surface area contributed by atoms with E-state index in [-0.39, 0.29) is 12.6 Å². The largest absolute Gasteiger partial charge is 0.378 e. The molecule has 0 aliphatic carbocycles. The third kappa shape index (κ3) is 6.52. The maximum Gasteiger partial charge on any atom is 0.264 e. The van der Waals surface area contributed by atoms with Crippen LogP contribution in [0.5, 0.6) is 0 Å². The van der Waals surface area contributed by atoms with Gasteiger partial charge in [-0.15, -0.1) is 0 Å². The summed E-state index contributed by atoms with van der Waals surface area (Å²) in [6.07, 6.45) is 1.05. The van der Waals surface area contributed by atoms with Gasteiger partial charge in [0.25, 0.3) is 10.1 Å². The van der Waals surface area contributed by atoms with Crippen LogP contribution in [0.3, 0.4) is 0 Å². The molecular formula is C23H22BrNO4S3. The van der Waals surface area contributed by atoms with Gasteiger partial charge in [-0.25, -0.2) is 0 Å². The summed E-state index contributed by atoms with van der Waals surface area (Å²) in [7, 11) is -3.55. The summed E-state index contributed by atoms with van der Waals surface area (Å²) in [5.74, 6) is 0. The Labute approximate surface area is 205 Å². The molecule has 0 saturated heterocycles. The van der Waals surface area contributed by atoms with Crippen LogP contribution in [0.2, 0.25) is 0 Å². The van der Waals surface area contributed by atoms with Crippen molar-refractivity contribution in [3.05, 3.63) is 76.8 Å². The lowest BCUT2D eigenvalue weighted by Gasteiger charge is -2.23. The van der Waals surface area contributed by atoms with Gasteiger partial charge in [0.1, 0.15) is 0 Å². The van der Waals surface area contributed by atoms with Crippen LogP contribution in [0.1, 0.15) is 5.56 Å². The van der Waals surface area contributed by atoms with Crippen molar-refractivity contribution in [3.63, 3.8) is 0 Å². The number of hydrogen-bond acceptors (Lipinski definition) is 7. The quantitative estimate of drug-likeness (QED) is 0.254. The zero-order valence-corrected chi connectivity index (χ0v) is 21.3. The normalized spacial score (nSPS) is 13.8. The molecule has 0 radical (unpaired) electrons. The van der Waals surface area contributed by atoms with Crippen LogP contribution < -0.4 is 5.32 Å². The number of hydrogen-bond donors (Lipinski definition) is 1. The number of rotatable bonds is 9. The fourth-order valence-corrected chi connectivity index (χ4v) is 6.57. The highest BCUT2D eigenvalue weighted by atomic mass is 79.9. The van der Waals surface area contributed by atoms with Gasteiger partial charge >= 0.3 is 0 Å². The van der Waals surface area contributed by atoms with Crippen molar-refractivity contribution in [3.8, 4) is 0 Å². The van der Waals surface area contributed by atoms with Crippen molar-refractivity contribution in [2.45, 2.75) is 32.2 Å². The first-order chi connectivity index (χ1) is 15.4. The lowest BCUT2D eigenvalue weighted by atomic mass is 10.2. The van der Waals surface area contributed by atoms with Gasteiger partial charge in [-0.05, 0) is 51.8 Å². The minimum absolute atomic E-state index is 0.0115. The van der Waals surface area contributed by atoms with Crippen molar-refractivity contribution in [2.24, 2.45) is 0 Å². The monoisotopic (exact) mass is 551 g/mol. The van der Waals surface area contributed by atoms with E-state index in [9.17, 15) is 8.42 Å². The van der Waals surface area contributed by atoms with Crippen LogP contribution in [0.25, 0.3) is 0 Å². The molecule has 5 nitrogen and oxygen atoms in total. The van der Waals surface area contributed by atoms with E-state index in [0.29, 0.717) is 13.2 Å². The third-order valence-electron chi connectivity index (χ3n) is 4.59. The molecule has 3 aromatic rings. The summed E-state index contributed by atoms with van der Waals surface area (Å²) in [4.78, 5) is 4.76. The summed E-state index contributed by atoms with van der Waals surface area (Å²) in [5, 5.41) is 3.38. The molecule has 1 atom stereocenters. The highest BCUT2D eigenvalue weighted by Crippen LogP contribution is 2.51. The number of fused-ring (bicyclic) bond motifs is 2. The Hall–Kier alpha value is -1.49. The molecule has 1 heterocycles. The van der Waals surface area contributed by atoms with Gasteiger partial charge in [0.2, 0.25) is 0 Å². The average Bonchev–Trinajstić information content (AvgIpc) is 2.77. The van der Waals surface area contributed by atoms with Gasteiger partial charge in [-0.2, -0.15) is 8.42 Å². The van der Waals surface area contributed by atoms with E-state index in [2.05, 4.69) is 45.5 Å². The Morgan fingerprint density at radius 3 is 2.53 bits per heavy atom. The molecule has 0 fully saturated rings. The molecule has 3 aromatic carbocycles. The second kappa shape index (κ2) is 10.6. The molecule has 0 aromatic heterocycles. The Balaban J connectivity index is 1.45. The van der Waals surface area contributed by atoms with Gasteiger partial charge in [0, 0.05) is 29.7 Å². The number of anilines is 1. The molecule has 0 unspecified atom stereocenters. The zero-order valence-electron chi connectivity index (χ0n) is 17.3. The predicted molar refractivity (Wildman–Crippen MR) is 133 cm³/mol. The van der Waals surface area contributed by atoms with E-state index in [1.165, 1.54) is 14.7 Å². The first kappa shape index (κ1) is 23.7. The van der Waals surface area contributed by atoms with Crippen LogP contribution in [-0.4, -0.2) is 33.9 Å². The Bertz CT molecular complexity index is 1190. The lowest BCUT2D eigenvalue weighted by Crippen LogP contribution is -2.31. The maximum atomic E-state index is 11.5. The number of halogens is 1. The van der Waals surface area contributed by atoms with Crippen molar-refractivity contribution in [1.82, 2.24) is 0 Å². The average molecular weight is 553 g/mol. The molecule has 168 valence electrons. The van der Waals surface area contributed by atoms with E-state index in [4.69, 9.17) is 8.92 Å². The fourth-order valence-electron chi connectivity index (χ4n) is 3.12. The molecule has 1 aliphatic heterocycles. The Kier molecular flexibility index (Phi) is 7.86. The lowest BCUT2D eigenvalue weighted by molar-refractivity contribution is 0.0996. The Morgan fingerprint density at radius 1 is 0.938 bits per heavy atom. The number of benzene rings is 3. The van der Waals surface area contributed by atoms with Crippen molar-refractivity contribution < 1.29 is 17.3 Å². The van der Waals surface area contributed by atoms with Crippen LogP contribution in [0.4, 0.5) is 5.69 Å². The first-order valence-corrected chi connectivity index (χ1v) is 14.1. The molecule has 1 aliphatic rings. The van der Waals surface area contributed by atoms with E-state index in [0.717, 1.165) is 26.9 Å². The van der Waals surface area contributed by atoms with Gasteiger partial charge < -0.3 is 10.1 Å². The topological polar surface area (TPSA) is 64.6 Å². The summed E-state index contributed by atoms with van der Waals surface area (Å²) in [6, 6.07) is 21.9. The molecule has 0 saturated carbocycles. The summed E-state index contributed by atoms with van der Waals surface area (Å²) < 4.78 is 35.0. The van der Waals surface area contributed by atoms with E-state index in [1.807, 2.05) is 42.5 Å². The standard InChI is InChI=1S/C23H22BrNO4S3/c1-32(26,27)29-15-18(14-28-13-16-6-3-2-4-7-16)25-17-10-11-20-22(12-17)30-21-9-5-8-19(24)23(21)31-20/h2-12,18,25H,13-15H2,1H3/t18-/m1/s1. The third-order valence-corrected chi connectivity index (χ3v) is 8.67. The smallest absolute Gasteiger partial charge is 0.264 e. The van der Waals surface area contributed by atoms with Crippen molar-refractivity contribution in [2.75, 3.05) is 24.8 Å². The van der Waals surface area contributed by atoms with Gasteiger partial charge in [0.15, 0.2) is 0 Å². The second-order valence-electron chi connectivity index (χ2n) is 7.26. The van der Waals surface area contributed by atoms with E-state index in [1.54, 1.807) is 23.5 Å². The van der Waals surface area contributed by atoms with Crippen molar-refractivity contribution >= 4 is 55.3 Å². The highest BCUT2D eigenvalue weighted by molar-refractivity contribution is 9.10. The van der Waals surface area contributed by atoms with Crippen LogP contribution in [-0.2, 0) is 25.6 Å². The first-order valence-electron chi connectivity index (χ1n) is 9.88. The summed E-state index contributed by atoms with van der Waals surface area (Å²) in [6.45, 7) is 0.738. The molecule has 0 amide bonds. The number of nitrogens with one attached hydrogen (secondary N) is 1. The van der Waals surface area contributed by atoms with Gasteiger partial charge in [-0.3, -0.25) is 4.18 Å². The minimum atomic E-state index is -3.55. The molecule has 32 heavy (non-hydrogen) atoms. The molecule has 0 bridgehead atoms. The van der Waals surface area contributed by atoms with Crippen LogP contribution >= 0.6 is 39.5 Å². The molecule has 4 rings (SSSR count). The molecule has 0 spiro atoms. The zero-order chi connectivity index (χ0) is 22.6. The highest BCUT2D eigenvalue weighted by Gasteiger charge is 2.20. The number of ether oxygens (including phenoxy) is 1.